The normalized spacial score (nSPS) is 18.4. The topological polar surface area (TPSA) is 30.9 Å². The van der Waals surface area contributed by atoms with Gasteiger partial charge in [-0.15, -0.1) is 24.0 Å². The van der Waals surface area contributed by atoms with Crippen molar-refractivity contribution in [2.24, 2.45) is 4.99 Å². The Morgan fingerprint density at radius 1 is 1.38 bits per heavy atom. The predicted octanol–water partition coefficient (Wildman–Crippen LogP) is 3.17. The molecule has 6 heteroatoms. The Bertz CT molecular complexity index is 461. The fourth-order valence-corrected chi connectivity index (χ4v) is 2.68. The highest BCUT2D eigenvalue weighted by Gasteiger charge is 2.23. The van der Waals surface area contributed by atoms with E-state index in [1.54, 1.807) is 0 Å². The van der Waals surface area contributed by atoms with Crippen LogP contribution in [0, 0.1) is 0 Å². The van der Waals surface area contributed by atoms with Crippen LogP contribution in [0.15, 0.2) is 33.7 Å². The molecule has 1 heterocycles. The summed E-state index contributed by atoms with van der Waals surface area (Å²) in [5.74, 6) is 0.982. The van der Waals surface area contributed by atoms with Gasteiger partial charge in [-0.3, -0.25) is 4.99 Å². The third kappa shape index (κ3) is 5.32. The van der Waals surface area contributed by atoms with Crippen molar-refractivity contribution in [3.8, 4) is 0 Å². The van der Waals surface area contributed by atoms with Gasteiger partial charge < -0.3 is 15.1 Å². The van der Waals surface area contributed by atoms with Crippen LogP contribution in [0.3, 0.4) is 0 Å². The number of rotatable bonds is 3. The number of halogens is 2. The molecule has 1 atom stereocenters. The summed E-state index contributed by atoms with van der Waals surface area (Å²) >= 11 is 3.48. The smallest absolute Gasteiger partial charge is 0.193 e. The van der Waals surface area contributed by atoms with E-state index in [4.69, 9.17) is 0 Å². The molecule has 118 valence electrons. The lowest BCUT2D eigenvalue weighted by Crippen LogP contribution is -2.44. The highest BCUT2D eigenvalue weighted by atomic mass is 127. The van der Waals surface area contributed by atoms with Crippen molar-refractivity contribution in [1.82, 2.24) is 10.2 Å². The van der Waals surface area contributed by atoms with Gasteiger partial charge in [-0.05, 0) is 37.6 Å². The molecule has 21 heavy (non-hydrogen) atoms. The van der Waals surface area contributed by atoms with Crippen molar-refractivity contribution in [1.29, 1.82) is 0 Å². The summed E-state index contributed by atoms with van der Waals surface area (Å²) in [4.78, 5) is 8.97. The zero-order valence-electron chi connectivity index (χ0n) is 12.8. The Hall–Kier alpha value is -0.500. The molecule has 0 spiro atoms. The van der Waals surface area contributed by atoms with E-state index in [0.29, 0.717) is 6.04 Å². The first-order valence-corrected chi connectivity index (χ1v) is 7.88. The first-order chi connectivity index (χ1) is 9.60. The number of benzene rings is 1. The molecule has 1 aliphatic rings. The van der Waals surface area contributed by atoms with E-state index in [1.165, 1.54) is 5.69 Å². The summed E-state index contributed by atoms with van der Waals surface area (Å²) in [7, 11) is 4.06. The first kappa shape index (κ1) is 18.5. The summed E-state index contributed by atoms with van der Waals surface area (Å²) in [5.41, 5.74) is 1.29. The van der Waals surface area contributed by atoms with Gasteiger partial charge in [0.2, 0.25) is 0 Å². The summed E-state index contributed by atoms with van der Waals surface area (Å²) in [6, 6.07) is 8.99. The van der Waals surface area contributed by atoms with Gasteiger partial charge in [0.15, 0.2) is 5.96 Å². The molecule has 1 aromatic carbocycles. The molecule has 4 nitrogen and oxygen atoms in total. The number of guanidine groups is 1. The molecule has 1 aromatic rings. The minimum Gasteiger partial charge on any atom is -0.369 e. The second-order valence-electron chi connectivity index (χ2n) is 5.24. The van der Waals surface area contributed by atoms with E-state index in [-0.39, 0.29) is 24.0 Å². The SMILES string of the molecule is CCN=C(NC1CCN(c2ccc(Br)cc2)C1)N(C)C.I. The molecule has 0 radical (unpaired) electrons. The number of nitrogens with zero attached hydrogens (tertiary/aromatic N) is 3. The maximum Gasteiger partial charge on any atom is 0.193 e. The Morgan fingerprint density at radius 3 is 2.62 bits per heavy atom. The van der Waals surface area contributed by atoms with Gasteiger partial charge in [-0.2, -0.15) is 0 Å². The van der Waals surface area contributed by atoms with Crippen LogP contribution < -0.4 is 10.2 Å². The molecular formula is C15H24BrIN4. The molecule has 2 rings (SSSR count). The Labute approximate surface area is 153 Å². The van der Waals surface area contributed by atoms with Gasteiger partial charge in [0.25, 0.3) is 0 Å². The number of hydrogen-bond acceptors (Lipinski definition) is 2. The Kier molecular flexibility index (Phi) is 7.79. The summed E-state index contributed by atoms with van der Waals surface area (Å²) in [6.07, 6.45) is 1.15. The zero-order valence-corrected chi connectivity index (χ0v) is 16.8. The van der Waals surface area contributed by atoms with Crippen LogP contribution in [0.25, 0.3) is 0 Å². The third-order valence-electron chi connectivity index (χ3n) is 3.44. The highest BCUT2D eigenvalue weighted by molar-refractivity contribution is 14.0. The molecule has 0 aliphatic carbocycles. The van der Waals surface area contributed by atoms with E-state index in [2.05, 4.69) is 62.3 Å². The highest BCUT2D eigenvalue weighted by Crippen LogP contribution is 2.22. The maximum atomic E-state index is 4.50. The molecule has 1 N–H and O–H groups in total. The average molecular weight is 467 g/mol. The van der Waals surface area contributed by atoms with E-state index < -0.39 is 0 Å². The van der Waals surface area contributed by atoms with Gasteiger partial charge in [-0.1, -0.05) is 15.9 Å². The molecule has 1 aliphatic heterocycles. The van der Waals surface area contributed by atoms with Crippen molar-refractivity contribution < 1.29 is 0 Å². The number of hydrogen-bond donors (Lipinski definition) is 1. The van der Waals surface area contributed by atoms with Gasteiger partial charge in [0.05, 0.1) is 0 Å². The quantitative estimate of drug-likeness (QED) is 0.421. The summed E-state index contributed by atoms with van der Waals surface area (Å²) in [5, 5.41) is 3.55. The number of anilines is 1. The molecule has 0 saturated carbocycles. The fraction of sp³-hybridized carbons (Fsp3) is 0.533. The van der Waals surface area contributed by atoms with Crippen LogP contribution in [-0.2, 0) is 0 Å². The zero-order chi connectivity index (χ0) is 14.5. The van der Waals surface area contributed by atoms with Crippen molar-refractivity contribution in [2.75, 3.05) is 38.6 Å². The van der Waals surface area contributed by atoms with E-state index >= 15 is 0 Å². The molecule has 0 bridgehead atoms. The molecular weight excluding hydrogens is 443 g/mol. The summed E-state index contributed by atoms with van der Waals surface area (Å²) < 4.78 is 1.13. The van der Waals surface area contributed by atoms with Crippen LogP contribution in [0.2, 0.25) is 0 Å². The lowest BCUT2D eigenvalue weighted by molar-refractivity contribution is 0.546. The van der Waals surface area contributed by atoms with Crippen LogP contribution in [-0.4, -0.2) is 50.6 Å². The van der Waals surface area contributed by atoms with Gasteiger partial charge >= 0.3 is 0 Å². The standard InChI is InChI=1S/C15H23BrN4.HI/c1-4-17-15(19(2)3)18-13-9-10-20(11-13)14-7-5-12(16)6-8-14;/h5-8,13H,4,9-11H2,1-3H3,(H,17,18);1H. The van der Waals surface area contributed by atoms with E-state index in [1.807, 2.05) is 19.0 Å². The molecule has 0 amide bonds. The molecule has 0 aromatic heterocycles. The van der Waals surface area contributed by atoms with E-state index in [0.717, 1.165) is 36.5 Å². The molecule has 1 unspecified atom stereocenters. The van der Waals surface area contributed by atoms with Crippen LogP contribution in [0.1, 0.15) is 13.3 Å². The van der Waals surface area contributed by atoms with Gasteiger partial charge in [0, 0.05) is 49.9 Å². The monoisotopic (exact) mass is 466 g/mol. The minimum absolute atomic E-state index is 0. The van der Waals surface area contributed by atoms with Crippen molar-refractivity contribution >= 4 is 51.6 Å². The van der Waals surface area contributed by atoms with Crippen molar-refractivity contribution in [2.45, 2.75) is 19.4 Å². The lowest BCUT2D eigenvalue weighted by Gasteiger charge is -2.23. The Balaban J connectivity index is 0.00000220. The lowest BCUT2D eigenvalue weighted by atomic mass is 10.2. The third-order valence-corrected chi connectivity index (χ3v) is 3.97. The largest absolute Gasteiger partial charge is 0.369 e. The fourth-order valence-electron chi connectivity index (χ4n) is 2.41. The molecule has 1 saturated heterocycles. The van der Waals surface area contributed by atoms with Crippen LogP contribution in [0.5, 0.6) is 0 Å². The number of nitrogens with one attached hydrogen (secondary N) is 1. The summed E-state index contributed by atoms with van der Waals surface area (Å²) in [6.45, 7) is 4.99. The second-order valence-corrected chi connectivity index (χ2v) is 6.16. The first-order valence-electron chi connectivity index (χ1n) is 7.09. The average Bonchev–Trinajstić information content (AvgIpc) is 2.87. The van der Waals surface area contributed by atoms with E-state index in [9.17, 15) is 0 Å². The predicted molar refractivity (Wildman–Crippen MR) is 105 cm³/mol. The Morgan fingerprint density at radius 2 is 2.05 bits per heavy atom. The maximum absolute atomic E-state index is 4.50. The van der Waals surface area contributed by atoms with Gasteiger partial charge in [-0.25, -0.2) is 0 Å². The van der Waals surface area contributed by atoms with Crippen molar-refractivity contribution in [3.05, 3.63) is 28.7 Å². The van der Waals surface area contributed by atoms with Crippen molar-refractivity contribution in [3.63, 3.8) is 0 Å². The van der Waals surface area contributed by atoms with Crippen LogP contribution >= 0.6 is 39.9 Å². The minimum atomic E-state index is 0. The van der Waals surface area contributed by atoms with Crippen LogP contribution in [0.4, 0.5) is 5.69 Å². The molecule has 1 fully saturated rings. The second kappa shape index (κ2) is 8.82. The number of aliphatic imine (C=N–C) groups is 1. The van der Waals surface area contributed by atoms with Gasteiger partial charge in [0.1, 0.15) is 0 Å².